The SMILES string of the molecule is CCN(CC)CCn1cc(NC(=O)CNC(=O)c2ccc3c(c2)OCO3)cn1. The number of hydrogen-bond donors (Lipinski definition) is 2. The van der Waals surface area contributed by atoms with Gasteiger partial charge in [-0.25, -0.2) is 0 Å². The number of benzene rings is 1. The molecule has 0 radical (unpaired) electrons. The Morgan fingerprint density at radius 2 is 2.00 bits per heavy atom. The topological polar surface area (TPSA) is 97.7 Å². The van der Waals surface area contributed by atoms with Gasteiger partial charge in [0, 0.05) is 18.3 Å². The first-order valence-corrected chi connectivity index (χ1v) is 9.31. The van der Waals surface area contributed by atoms with Crippen molar-refractivity contribution in [1.82, 2.24) is 20.0 Å². The number of ether oxygens (including phenoxy) is 2. The molecule has 0 atom stereocenters. The van der Waals surface area contributed by atoms with Crippen LogP contribution in [0.4, 0.5) is 5.69 Å². The van der Waals surface area contributed by atoms with Crippen LogP contribution in [0.1, 0.15) is 24.2 Å². The van der Waals surface area contributed by atoms with E-state index < -0.39 is 0 Å². The average Bonchev–Trinajstić information content (AvgIpc) is 3.35. The summed E-state index contributed by atoms with van der Waals surface area (Å²) in [6.45, 7) is 7.87. The molecule has 1 aliphatic heterocycles. The Bertz CT molecular complexity index is 831. The third-order valence-electron chi connectivity index (χ3n) is 4.50. The maximum atomic E-state index is 12.2. The first-order chi connectivity index (χ1) is 13.6. The summed E-state index contributed by atoms with van der Waals surface area (Å²) >= 11 is 0. The average molecular weight is 387 g/mol. The van der Waals surface area contributed by atoms with Crippen LogP contribution in [0.2, 0.25) is 0 Å². The molecule has 0 fully saturated rings. The van der Waals surface area contributed by atoms with Crippen molar-refractivity contribution in [3.63, 3.8) is 0 Å². The molecule has 0 saturated carbocycles. The summed E-state index contributed by atoms with van der Waals surface area (Å²) in [5.41, 5.74) is 1.00. The van der Waals surface area contributed by atoms with E-state index in [1.54, 1.807) is 35.3 Å². The molecule has 2 heterocycles. The van der Waals surface area contributed by atoms with Crippen LogP contribution in [0.5, 0.6) is 11.5 Å². The van der Waals surface area contributed by atoms with Gasteiger partial charge in [0.25, 0.3) is 5.91 Å². The Balaban J connectivity index is 1.45. The second-order valence-corrected chi connectivity index (χ2v) is 6.32. The number of anilines is 1. The van der Waals surface area contributed by atoms with Gasteiger partial charge in [-0.2, -0.15) is 5.10 Å². The molecular formula is C19H25N5O4. The zero-order chi connectivity index (χ0) is 19.9. The Kier molecular flexibility index (Phi) is 6.49. The zero-order valence-corrected chi connectivity index (χ0v) is 16.1. The van der Waals surface area contributed by atoms with Gasteiger partial charge in [-0.1, -0.05) is 13.8 Å². The van der Waals surface area contributed by atoms with Gasteiger partial charge in [-0.15, -0.1) is 0 Å². The van der Waals surface area contributed by atoms with Crippen molar-refractivity contribution in [3.8, 4) is 11.5 Å². The molecule has 2 aromatic rings. The van der Waals surface area contributed by atoms with Gasteiger partial charge in [-0.3, -0.25) is 14.3 Å². The number of likely N-dealkylation sites (N-methyl/N-ethyl adjacent to an activating group) is 1. The highest BCUT2D eigenvalue weighted by molar-refractivity contribution is 5.99. The van der Waals surface area contributed by atoms with Gasteiger partial charge >= 0.3 is 0 Å². The van der Waals surface area contributed by atoms with Crippen molar-refractivity contribution in [2.24, 2.45) is 0 Å². The lowest BCUT2D eigenvalue weighted by Gasteiger charge is -2.17. The largest absolute Gasteiger partial charge is 0.454 e. The molecule has 2 amide bonds. The minimum Gasteiger partial charge on any atom is -0.454 e. The number of amides is 2. The number of hydrogen-bond acceptors (Lipinski definition) is 6. The number of aromatic nitrogens is 2. The van der Waals surface area contributed by atoms with E-state index in [0.717, 1.165) is 26.2 Å². The van der Waals surface area contributed by atoms with Crippen molar-refractivity contribution in [2.75, 3.05) is 38.3 Å². The lowest BCUT2D eigenvalue weighted by molar-refractivity contribution is -0.115. The van der Waals surface area contributed by atoms with Crippen LogP contribution < -0.4 is 20.1 Å². The van der Waals surface area contributed by atoms with Crippen LogP contribution >= 0.6 is 0 Å². The van der Waals surface area contributed by atoms with E-state index in [-0.39, 0.29) is 25.2 Å². The standard InChI is InChI=1S/C19H25N5O4/c1-3-23(4-2)7-8-24-12-15(10-21-24)22-18(25)11-20-19(26)14-5-6-16-17(9-14)28-13-27-16/h5-6,9-10,12H,3-4,7-8,11,13H2,1-2H3,(H,20,26)(H,22,25). The van der Waals surface area contributed by atoms with Gasteiger partial charge in [0.15, 0.2) is 11.5 Å². The van der Waals surface area contributed by atoms with Crippen molar-refractivity contribution in [1.29, 1.82) is 0 Å². The number of carbonyl (C=O) groups excluding carboxylic acids is 2. The van der Waals surface area contributed by atoms with E-state index in [2.05, 4.69) is 34.5 Å². The molecule has 150 valence electrons. The lowest BCUT2D eigenvalue weighted by Crippen LogP contribution is -2.32. The molecule has 9 nitrogen and oxygen atoms in total. The third kappa shape index (κ3) is 5.01. The van der Waals surface area contributed by atoms with E-state index in [4.69, 9.17) is 9.47 Å². The quantitative estimate of drug-likeness (QED) is 0.674. The Morgan fingerprint density at radius 1 is 1.21 bits per heavy atom. The third-order valence-corrected chi connectivity index (χ3v) is 4.50. The second-order valence-electron chi connectivity index (χ2n) is 6.32. The van der Waals surface area contributed by atoms with Crippen molar-refractivity contribution in [3.05, 3.63) is 36.2 Å². The molecular weight excluding hydrogens is 362 g/mol. The van der Waals surface area contributed by atoms with Crippen LogP contribution in [-0.4, -0.2) is 59.5 Å². The molecule has 3 rings (SSSR count). The zero-order valence-electron chi connectivity index (χ0n) is 16.1. The number of nitrogens with zero attached hydrogens (tertiary/aromatic N) is 3. The summed E-state index contributed by atoms with van der Waals surface area (Å²) in [7, 11) is 0. The summed E-state index contributed by atoms with van der Waals surface area (Å²) in [6, 6.07) is 4.89. The molecule has 0 unspecified atom stereocenters. The summed E-state index contributed by atoms with van der Waals surface area (Å²) < 4.78 is 12.3. The van der Waals surface area contributed by atoms with Gasteiger partial charge in [0.1, 0.15) is 0 Å². The summed E-state index contributed by atoms with van der Waals surface area (Å²) in [6.07, 6.45) is 3.38. The molecule has 1 aromatic carbocycles. The van der Waals surface area contributed by atoms with E-state index in [9.17, 15) is 9.59 Å². The second kappa shape index (κ2) is 9.23. The molecule has 0 aliphatic carbocycles. The predicted octanol–water partition coefficient (Wildman–Crippen LogP) is 1.32. The summed E-state index contributed by atoms with van der Waals surface area (Å²) in [4.78, 5) is 26.6. The molecule has 1 aliphatic rings. The van der Waals surface area contributed by atoms with Gasteiger partial charge in [0.05, 0.1) is 25.0 Å². The smallest absolute Gasteiger partial charge is 0.251 e. The molecule has 28 heavy (non-hydrogen) atoms. The van der Waals surface area contributed by atoms with Crippen LogP contribution in [0, 0.1) is 0 Å². The van der Waals surface area contributed by atoms with E-state index in [0.29, 0.717) is 22.7 Å². The molecule has 9 heteroatoms. The molecule has 0 saturated heterocycles. The predicted molar refractivity (Wildman–Crippen MR) is 104 cm³/mol. The van der Waals surface area contributed by atoms with Crippen LogP contribution in [0.3, 0.4) is 0 Å². The maximum Gasteiger partial charge on any atom is 0.251 e. The van der Waals surface area contributed by atoms with E-state index >= 15 is 0 Å². The Morgan fingerprint density at radius 3 is 2.79 bits per heavy atom. The Labute approximate surface area is 163 Å². The summed E-state index contributed by atoms with van der Waals surface area (Å²) in [5.74, 6) is 0.447. The van der Waals surface area contributed by atoms with E-state index in [1.165, 1.54) is 0 Å². The number of rotatable bonds is 9. The highest BCUT2D eigenvalue weighted by Crippen LogP contribution is 2.32. The van der Waals surface area contributed by atoms with Gasteiger partial charge in [0.2, 0.25) is 12.7 Å². The first-order valence-electron chi connectivity index (χ1n) is 9.31. The fourth-order valence-electron chi connectivity index (χ4n) is 2.84. The van der Waals surface area contributed by atoms with Crippen molar-refractivity contribution < 1.29 is 19.1 Å². The highest BCUT2D eigenvalue weighted by atomic mass is 16.7. The van der Waals surface area contributed by atoms with E-state index in [1.807, 2.05) is 0 Å². The molecule has 0 bridgehead atoms. The van der Waals surface area contributed by atoms with Crippen LogP contribution in [-0.2, 0) is 11.3 Å². The summed E-state index contributed by atoms with van der Waals surface area (Å²) in [5, 5.41) is 9.57. The molecule has 1 aromatic heterocycles. The number of fused-ring (bicyclic) bond motifs is 1. The highest BCUT2D eigenvalue weighted by Gasteiger charge is 2.16. The molecule has 2 N–H and O–H groups in total. The van der Waals surface area contributed by atoms with Crippen LogP contribution in [0.15, 0.2) is 30.6 Å². The van der Waals surface area contributed by atoms with Gasteiger partial charge in [-0.05, 0) is 31.3 Å². The van der Waals surface area contributed by atoms with Crippen LogP contribution in [0.25, 0.3) is 0 Å². The van der Waals surface area contributed by atoms with Gasteiger partial charge < -0.3 is 25.0 Å². The number of carbonyl (C=O) groups is 2. The fraction of sp³-hybridized carbons (Fsp3) is 0.421. The van der Waals surface area contributed by atoms with Crippen molar-refractivity contribution >= 4 is 17.5 Å². The van der Waals surface area contributed by atoms with Crippen molar-refractivity contribution in [2.45, 2.75) is 20.4 Å². The minimum absolute atomic E-state index is 0.141. The minimum atomic E-state index is -0.358. The Hall–Kier alpha value is -3.07. The lowest BCUT2D eigenvalue weighted by atomic mass is 10.2. The normalized spacial score (nSPS) is 12.2. The first kappa shape index (κ1) is 19.7. The number of nitrogens with one attached hydrogen (secondary N) is 2. The fourth-order valence-corrected chi connectivity index (χ4v) is 2.84. The molecule has 0 spiro atoms. The maximum absolute atomic E-state index is 12.2. The monoisotopic (exact) mass is 387 g/mol.